The molecule has 4 aliphatic carbocycles. The maximum Gasteiger partial charge on any atom is 0.251 e. The number of nitrogens with one attached hydrogen (secondary N) is 2. The van der Waals surface area contributed by atoms with E-state index in [0.717, 1.165) is 37.0 Å². The van der Waals surface area contributed by atoms with Crippen LogP contribution in [-0.2, 0) is 14.8 Å². The molecule has 0 aliphatic heterocycles. The second-order valence-corrected chi connectivity index (χ2v) is 10.6. The molecule has 4 fully saturated rings. The van der Waals surface area contributed by atoms with Gasteiger partial charge >= 0.3 is 0 Å². The minimum Gasteiger partial charge on any atom is -0.495 e. The maximum atomic E-state index is 13.1. The molecule has 0 heterocycles. The molecule has 2 N–H and O–H groups in total. The highest BCUT2D eigenvalue weighted by Gasteiger charge is 2.51. The van der Waals surface area contributed by atoms with Gasteiger partial charge in [0.2, 0.25) is 10.0 Å². The van der Waals surface area contributed by atoms with Crippen LogP contribution in [0.2, 0.25) is 0 Å². The van der Waals surface area contributed by atoms with E-state index in [4.69, 9.17) is 9.47 Å². The van der Waals surface area contributed by atoms with Crippen molar-refractivity contribution in [3.63, 3.8) is 0 Å². The van der Waals surface area contributed by atoms with Crippen LogP contribution in [0.25, 0.3) is 0 Å². The molecule has 1 aromatic rings. The van der Waals surface area contributed by atoms with Gasteiger partial charge in [0.15, 0.2) is 0 Å². The summed E-state index contributed by atoms with van der Waals surface area (Å²) in [6, 6.07) is 4.58. The number of rotatable bonds is 8. The van der Waals surface area contributed by atoms with Crippen LogP contribution in [-0.4, -0.2) is 47.2 Å². The van der Waals surface area contributed by atoms with Crippen molar-refractivity contribution < 1.29 is 22.7 Å². The Balaban J connectivity index is 1.55. The van der Waals surface area contributed by atoms with Crippen LogP contribution in [0.3, 0.4) is 0 Å². The fourth-order valence-corrected chi connectivity index (χ4v) is 7.17. The lowest BCUT2D eigenvalue weighted by Gasteiger charge is -2.56. The monoisotopic (exact) mass is 422 g/mol. The van der Waals surface area contributed by atoms with E-state index < -0.39 is 10.0 Å². The zero-order chi connectivity index (χ0) is 20.6. The Bertz CT molecular complexity index is 848. The zero-order valence-corrected chi connectivity index (χ0v) is 17.9. The van der Waals surface area contributed by atoms with E-state index in [1.54, 1.807) is 12.1 Å². The van der Waals surface area contributed by atoms with Gasteiger partial charge in [-0.15, -0.1) is 0 Å². The fraction of sp³-hybridized carbons (Fsp3) is 0.667. The van der Waals surface area contributed by atoms with Gasteiger partial charge in [-0.2, -0.15) is 0 Å². The number of carbonyl (C=O) groups is 1. The number of ether oxygens (including phenoxy) is 2. The number of benzene rings is 1. The molecule has 5 rings (SSSR count). The molecule has 160 valence electrons. The van der Waals surface area contributed by atoms with Crippen LogP contribution in [0.5, 0.6) is 5.75 Å². The molecule has 0 saturated heterocycles. The Morgan fingerprint density at radius 1 is 1.10 bits per heavy atom. The third kappa shape index (κ3) is 4.15. The Morgan fingerprint density at radius 3 is 2.28 bits per heavy atom. The van der Waals surface area contributed by atoms with Gasteiger partial charge in [-0.25, -0.2) is 13.1 Å². The first kappa shape index (κ1) is 20.6. The Morgan fingerprint density at radius 2 is 1.72 bits per heavy atom. The predicted molar refractivity (Wildman–Crippen MR) is 108 cm³/mol. The van der Waals surface area contributed by atoms with Crippen molar-refractivity contribution >= 4 is 15.9 Å². The SMILES string of the molecule is COCCNS(=O)(=O)c1cc(C(=O)NC23CC4CC(CC(C4)C2)C3)ccc1OC. The van der Waals surface area contributed by atoms with Crippen molar-refractivity contribution in [1.82, 2.24) is 10.0 Å². The van der Waals surface area contributed by atoms with E-state index in [1.807, 2.05) is 0 Å². The molecule has 7 nitrogen and oxygen atoms in total. The molecule has 8 heteroatoms. The number of sulfonamides is 1. The van der Waals surface area contributed by atoms with Crippen molar-refractivity contribution in [2.45, 2.75) is 49.0 Å². The molecular formula is C21H30N2O5S. The van der Waals surface area contributed by atoms with Gasteiger partial charge in [0.25, 0.3) is 5.91 Å². The molecule has 0 unspecified atom stereocenters. The summed E-state index contributed by atoms with van der Waals surface area (Å²) in [5.74, 6) is 2.17. The molecular weight excluding hydrogens is 392 g/mol. The summed E-state index contributed by atoms with van der Waals surface area (Å²) in [4.78, 5) is 13.0. The largest absolute Gasteiger partial charge is 0.495 e. The van der Waals surface area contributed by atoms with Crippen LogP contribution in [0.15, 0.2) is 23.1 Å². The summed E-state index contributed by atoms with van der Waals surface area (Å²) >= 11 is 0. The number of hydrogen-bond donors (Lipinski definition) is 2. The third-order valence-electron chi connectivity index (χ3n) is 6.73. The van der Waals surface area contributed by atoms with Crippen LogP contribution in [0.4, 0.5) is 0 Å². The van der Waals surface area contributed by atoms with E-state index in [1.165, 1.54) is 39.5 Å². The van der Waals surface area contributed by atoms with Crippen LogP contribution < -0.4 is 14.8 Å². The van der Waals surface area contributed by atoms with Gasteiger partial charge in [-0.05, 0) is 74.5 Å². The van der Waals surface area contributed by atoms with Gasteiger partial charge < -0.3 is 14.8 Å². The zero-order valence-electron chi connectivity index (χ0n) is 17.1. The number of hydrogen-bond acceptors (Lipinski definition) is 5. The lowest BCUT2D eigenvalue weighted by Crippen LogP contribution is -2.59. The van der Waals surface area contributed by atoms with E-state index in [2.05, 4.69) is 10.0 Å². The summed E-state index contributed by atoms with van der Waals surface area (Å²) in [6.07, 6.45) is 7.04. The molecule has 4 saturated carbocycles. The average Bonchev–Trinajstić information content (AvgIpc) is 2.66. The first-order valence-corrected chi connectivity index (χ1v) is 11.8. The molecule has 1 amide bonds. The minimum absolute atomic E-state index is 0.0331. The van der Waals surface area contributed by atoms with E-state index in [-0.39, 0.29) is 35.2 Å². The lowest BCUT2D eigenvalue weighted by molar-refractivity contribution is -0.0167. The van der Waals surface area contributed by atoms with Gasteiger partial charge in [0.05, 0.1) is 13.7 Å². The third-order valence-corrected chi connectivity index (χ3v) is 8.21. The van der Waals surface area contributed by atoms with Crippen molar-refractivity contribution in [2.75, 3.05) is 27.4 Å². The normalized spacial score (nSPS) is 30.3. The van der Waals surface area contributed by atoms with Crippen LogP contribution >= 0.6 is 0 Å². The van der Waals surface area contributed by atoms with Gasteiger partial charge in [0.1, 0.15) is 10.6 Å². The highest BCUT2D eigenvalue weighted by Crippen LogP contribution is 2.55. The van der Waals surface area contributed by atoms with E-state index in [0.29, 0.717) is 5.56 Å². The molecule has 0 atom stereocenters. The summed E-state index contributed by atoms with van der Waals surface area (Å²) in [7, 11) is -0.900. The van der Waals surface area contributed by atoms with Crippen LogP contribution in [0, 0.1) is 17.8 Å². The standard InChI is InChI=1S/C21H30N2O5S/c1-27-6-5-22-29(25,26)19-10-17(3-4-18(19)28-2)20(24)23-21-11-14-7-15(12-21)9-16(8-14)13-21/h3-4,10,14-16,22H,5-9,11-13H2,1-2H3,(H,23,24). The summed E-state index contributed by atoms with van der Waals surface area (Å²) < 4.78 is 38.0. The van der Waals surface area contributed by atoms with Crippen molar-refractivity contribution in [2.24, 2.45) is 17.8 Å². The highest BCUT2D eigenvalue weighted by molar-refractivity contribution is 7.89. The average molecular weight is 423 g/mol. The quantitative estimate of drug-likeness (QED) is 0.627. The maximum absolute atomic E-state index is 13.1. The van der Waals surface area contributed by atoms with Crippen molar-refractivity contribution in [1.29, 1.82) is 0 Å². The summed E-state index contributed by atoms with van der Waals surface area (Å²) in [5.41, 5.74) is 0.218. The molecule has 4 bridgehead atoms. The first-order valence-electron chi connectivity index (χ1n) is 10.3. The van der Waals surface area contributed by atoms with Gasteiger partial charge in [0, 0.05) is 24.8 Å². The molecule has 0 aromatic heterocycles. The topological polar surface area (TPSA) is 93.7 Å². The molecule has 29 heavy (non-hydrogen) atoms. The molecule has 0 radical (unpaired) electrons. The second-order valence-electron chi connectivity index (χ2n) is 8.91. The first-order chi connectivity index (χ1) is 13.8. The van der Waals surface area contributed by atoms with Crippen molar-refractivity contribution in [3.8, 4) is 5.75 Å². The predicted octanol–water partition coefficient (Wildman–Crippen LogP) is 2.32. The smallest absolute Gasteiger partial charge is 0.251 e. The van der Waals surface area contributed by atoms with E-state index >= 15 is 0 Å². The minimum atomic E-state index is -3.82. The highest BCUT2D eigenvalue weighted by atomic mass is 32.2. The summed E-state index contributed by atoms with van der Waals surface area (Å²) in [5, 5.41) is 3.29. The Kier molecular flexibility index (Phi) is 5.61. The molecule has 0 spiro atoms. The van der Waals surface area contributed by atoms with Gasteiger partial charge in [-0.3, -0.25) is 4.79 Å². The number of methoxy groups -OCH3 is 2. The number of carbonyl (C=O) groups excluding carboxylic acids is 1. The second kappa shape index (κ2) is 7.89. The summed E-state index contributed by atoms with van der Waals surface area (Å²) in [6.45, 7) is 0.402. The molecule has 1 aromatic carbocycles. The van der Waals surface area contributed by atoms with E-state index in [9.17, 15) is 13.2 Å². The Labute approximate surface area is 172 Å². The van der Waals surface area contributed by atoms with Crippen molar-refractivity contribution in [3.05, 3.63) is 23.8 Å². The van der Waals surface area contributed by atoms with Gasteiger partial charge in [-0.1, -0.05) is 0 Å². The fourth-order valence-electron chi connectivity index (χ4n) is 5.96. The van der Waals surface area contributed by atoms with Crippen LogP contribution in [0.1, 0.15) is 48.9 Å². The number of amides is 1. The Hall–Kier alpha value is -1.64. The molecule has 4 aliphatic rings. The lowest BCUT2D eigenvalue weighted by atomic mass is 9.53.